The highest BCUT2D eigenvalue weighted by Crippen LogP contribution is 2.20. The van der Waals surface area contributed by atoms with Gasteiger partial charge >= 0.3 is 0 Å². The number of aliphatic hydroxyl groups excluding tert-OH is 1. The number of Topliss-reactive ketones (excluding diaryl/α,β-unsaturated/α-hetero) is 1. The van der Waals surface area contributed by atoms with E-state index in [1.165, 1.54) is 6.92 Å². The molecule has 0 saturated carbocycles. The van der Waals surface area contributed by atoms with Crippen molar-refractivity contribution in [1.82, 2.24) is 10.2 Å². The molecule has 2 unspecified atom stereocenters. The Morgan fingerprint density at radius 1 is 1.25 bits per heavy atom. The molecule has 1 amide bonds. The third-order valence-corrected chi connectivity index (χ3v) is 4.10. The lowest BCUT2D eigenvalue weighted by atomic mass is 9.92. The first-order valence-electron chi connectivity index (χ1n) is 7.51. The molecule has 2 N–H and O–H groups in total. The Labute approximate surface area is 121 Å². The average Bonchev–Trinajstić information content (AvgIpc) is 2.35. The maximum atomic E-state index is 12.0. The van der Waals surface area contributed by atoms with Crippen LogP contribution in [0.5, 0.6) is 0 Å². The van der Waals surface area contributed by atoms with Crippen molar-refractivity contribution in [2.24, 2.45) is 11.8 Å². The monoisotopic (exact) mass is 284 g/mol. The number of hydrogen-bond donors (Lipinski definition) is 2. The van der Waals surface area contributed by atoms with E-state index in [4.69, 9.17) is 0 Å². The van der Waals surface area contributed by atoms with Crippen LogP contribution in [0, 0.1) is 11.8 Å². The zero-order valence-corrected chi connectivity index (χ0v) is 13.1. The van der Waals surface area contributed by atoms with E-state index >= 15 is 0 Å². The Hall–Kier alpha value is -0.940. The van der Waals surface area contributed by atoms with E-state index in [0.29, 0.717) is 12.5 Å². The van der Waals surface area contributed by atoms with Crippen LogP contribution in [0.15, 0.2) is 0 Å². The van der Waals surface area contributed by atoms with Crippen LogP contribution in [-0.4, -0.2) is 53.5 Å². The van der Waals surface area contributed by atoms with Gasteiger partial charge in [-0.3, -0.25) is 14.5 Å². The molecule has 0 bridgehead atoms. The van der Waals surface area contributed by atoms with Gasteiger partial charge in [0.2, 0.25) is 5.91 Å². The highest BCUT2D eigenvalue weighted by Gasteiger charge is 2.25. The molecular weight excluding hydrogens is 256 g/mol. The molecule has 0 aliphatic carbocycles. The fourth-order valence-electron chi connectivity index (χ4n) is 2.75. The van der Waals surface area contributed by atoms with Crippen LogP contribution in [0.3, 0.4) is 0 Å². The molecule has 1 heterocycles. The second-order valence-corrected chi connectivity index (χ2v) is 6.25. The van der Waals surface area contributed by atoms with Gasteiger partial charge in [-0.25, -0.2) is 0 Å². The van der Waals surface area contributed by atoms with Crippen molar-refractivity contribution in [3.05, 3.63) is 0 Å². The number of amides is 1. The lowest BCUT2D eigenvalue weighted by Gasteiger charge is -2.33. The number of carbonyl (C=O) groups is 2. The van der Waals surface area contributed by atoms with E-state index in [1.807, 2.05) is 20.8 Å². The summed E-state index contributed by atoms with van der Waals surface area (Å²) in [5.41, 5.74) is 0. The van der Waals surface area contributed by atoms with Crippen LogP contribution < -0.4 is 5.32 Å². The van der Waals surface area contributed by atoms with Crippen molar-refractivity contribution in [3.8, 4) is 0 Å². The lowest BCUT2D eigenvalue weighted by Crippen LogP contribution is -2.49. The molecule has 0 aromatic heterocycles. The number of hydrogen-bond acceptors (Lipinski definition) is 4. The normalized spacial score (nSPS) is 20.7. The summed E-state index contributed by atoms with van der Waals surface area (Å²) in [5, 5.41) is 12.4. The average molecular weight is 284 g/mol. The van der Waals surface area contributed by atoms with Crippen LogP contribution >= 0.6 is 0 Å². The lowest BCUT2D eigenvalue weighted by molar-refractivity contribution is -0.128. The molecule has 0 aromatic rings. The molecule has 1 aliphatic rings. The zero-order chi connectivity index (χ0) is 15.3. The fourth-order valence-corrected chi connectivity index (χ4v) is 2.75. The Balaban J connectivity index is 2.38. The second kappa shape index (κ2) is 7.74. The minimum absolute atomic E-state index is 0.00108. The number of carbonyl (C=O) groups excluding carboxylic acids is 2. The Kier molecular flexibility index (Phi) is 6.62. The molecule has 1 aliphatic heterocycles. The third kappa shape index (κ3) is 5.21. The van der Waals surface area contributed by atoms with Gasteiger partial charge in [0.05, 0.1) is 18.7 Å². The smallest absolute Gasteiger partial charge is 0.234 e. The van der Waals surface area contributed by atoms with E-state index in [-0.39, 0.29) is 23.7 Å². The van der Waals surface area contributed by atoms with Crippen molar-refractivity contribution >= 4 is 11.7 Å². The van der Waals surface area contributed by atoms with Crippen molar-refractivity contribution in [2.45, 2.75) is 52.7 Å². The minimum Gasteiger partial charge on any atom is -0.393 e. The highest BCUT2D eigenvalue weighted by molar-refractivity contribution is 5.88. The molecule has 5 nitrogen and oxygen atoms in total. The number of nitrogens with one attached hydrogen (secondary N) is 1. The van der Waals surface area contributed by atoms with Crippen molar-refractivity contribution in [3.63, 3.8) is 0 Å². The van der Waals surface area contributed by atoms with E-state index in [0.717, 1.165) is 25.9 Å². The summed E-state index contributed by atoms with van der Waals surface area (Å²) in [5.74, 6) is 0.364. The summed E-state index contributed by atoms with van der Waals surface area (Å²) >= 11 is 0. The molecular formula is C15H28N2O3. The molecule has 0 radical (unpaired) electrons. The van der Waals surface area contributed by atoms with Crippen molar-refractivity contribution in [1.29, 1.82) is 0 Å². The first-order valence-corrected chi connectivity index (χ1v) is 7.51. The summed E-state index contributed by atoms with van der Waals surface area (Å²) in [6.45, 7) is 9.20. The molecule has 2 atom stereocenters. The summed E-state index contributed by atoms with van der Waals surface area (Å²) in [6, 6.07) is -0.391. The van der Waals surface area contributed by atoms with Gasteiger partial charge < -0.3 is 10.4 Å². The molecule has 0 spiro atoms. The molecule has 116 valence electrons. The van der Waals surface area contributed by atoms with E-state index in [2.05, 4.69) is 10.2 Å². The largest absolute Gasteiger partial charge is 0.393 e. The summed E-state index contributed by atoms with van der Waals surface area (Å²) in [4.78, 5) is 25.6. The number of rotatable bonds is 6. The maximum absolute atomic E-state index is 12.0. The highest BCUT2D eigenvalue weighted by atomic mass is 16.3. The molecule has 1 rings (SSSR count). The third-order valence-electron chi connectivity index (χ3n) is 4.10. The molecule has 20 heavy (non-hydrogen) atoms. The number of aliphatic hydroxyl groups is 1. The van der Waals surface area contributed by atoms with E-state index in [9.17, 15) is 14.7 Å². The SMILES string of the molecule is CC(=O)C(NC(=O)CN1CCC(C(C)O)CC1)C(C)C. The minimum atomic E-state index is -0.391. The predicted molar refractivity (Wildman–Crippen MR) is 78.3 cm³/mol. The Bertz CT molecular complexity index is 334. The fraction of sp³-hybridized carbons (Fsp3) is 0.867. The number of ketones is 1. The zero-order valence-electron chi connectivity index (χ0n) is 13.1. The predicted octanol–water partition coefficient (Wildman–Crippen LogP) is 0.809. The van der Waals surface area contributed by atoms with Gasteiger partial charge in [0, 0.05) is 0 Å². The molecule has 0 aromatic carbocycles. The van der Waals surface area contributed by atoms with Gasteiger partial charge in [0.25, 0.3) is 0 Å². The van der Waals surface area contributed by atoms with Crippen LogP contribution in [0.25, 0.3) is 0 Å². The number of likely N-dealkylation sites (tertiary alicyclic amines) is 1. The Morgan fingerprint density at radius 2 is 1.80 bits per heavy atom. The van der Waals surface area contributed by atoms with Gasteiger partial charge in [-0.1, -0.05) is 13.8 Å². The standard InChI is InChI=1S/C15H28N2O3/c1-10(2)15(12(4)19)16-14(20)9-17-7-5-13(6-8-17)11(3)18/h10-11,13,15,18H,5-9H2,1-4H3,(H,16,20). The maximum Gasteiger partial charge on any atom is 0.234 e. The molecule has 1 fully saturated rings. The van der Waals surface area contributed by atoms with Crippen molar-refractivity contribution < 1.29 is 14.7 Å². The summed E-state index contributed by atoms with van der Waals surface area (Å²) < 4.78 is 0. The first-order chi connectivity index (χ1) is 9.31. The van der Waals surface area contributed by atoms with Crippen molar-refractivity contribution in [2.75, 3.05) is 19.6 Å². The Morgan fingerprint density at radius 3 is 2.20 bits per heavy atom. The van der Waals surface area contributed by atoms with E-state index in [1.54, 1.807) is 0 Å². The summed E-state index contributed by atoms with van der Waals surface area (Å²) in [6.07, 6.45) is 1.57. The van der Waals surface area contributed by atoms with Crippen LogP contribution in [0.4, 0.5) is 0 Å². The van der Waals surface area contributed by atoms with Crippen LogP contribution in [-0.2, 0) is 9.59 Å². The van der Waals surface area contributed by atoms with Gasteiger partial charge in [-0.15, -0.1) is 0 Å². The quantitative estimate of drug-likeness (QED) is 0.757. The molecule has 5 heteroatoms. The second-order valence-electron chi connectivity index (χ2n) is 6.25. The van der Waals surface area contributed by atoms with Gasteiger partial charge in [-0.2, -0.15) is 0 Å². The van der Waals surface area contributed by atoms with Gasteiger partial charge in [0.15, 0.2) is 5.78 Å². The first kappa shape index (κ1) is 17.1. The van der Waals surface area contributed by atoms with Gasteiger partial charge in [0.1, 0.15) is 0 Å². The number of nitrogens with zero attached hydrogens (tertiary/aromatic N) is 1. The van der Waals surface area contributed by atoms with E-state index < -0.39 is 6.04 Å². The molecule has 1 saturated heterocycles. The van der Waals surface area contributed by atoms with Gasteiger partial charge in [-0.05, 0) is 51.6 Å². The summed E-state index contributed by atoms with van der Waals surface area (Å²) in [7, 11) is 0. The van der Waals surface area contributed by atoms with Crippen LogP contribution in [0.1, 0.15) is 40.5 Å². The number of piperidine rings is 1. The topological polar surface area (TPSA) is 69.6 Å². The van der Waals surface area contributed by atoms with Crippen LogP contribution in [0.2, 0.25) is 0 Å².